The summed E-state index contributed by atoms with van der Waals surface area (Å²) in [5.74, 6) is 0. The summed E-state index contributed by atoms with van der Waals surface area (Å²) in [7, 11) is 0. The standard InChI is InChI=1S/C15H30N2O2/c1-11(2)16-12(3)13-9-7-8-10-17(13)14(18)19-15(4,5)6/h11-13,16H,7-10H2,1-6H3/t12-,13+/m1/s1. The Bertz CT molecular complexity index is 297. The summed E-state index contributed by atoms with van der Waals surface area (Å²) in [5, 5.41) is 3.51. The zero-order chi connectivity index (χ0) is 14.6. The SMILES string of the molecule is CC(C)N[C@H](C)[C@@H]1CCCCN1C(=O)OC(C)(C)C. The Balaban J connectivity index is 2.69. The van der Waals surface area contributed by atoms with Gasteiger partial charge in [-0.1, -0.05) is 13.8 Å². The molecular weight excluding hydrogens is 240 g/mol. The van der Waals surface area contributed by atoms with E-state index in [1.54, 1.807) is 0 Å². The van der Waals surface area contributed by atoms with Gasteiger partial charge in [-0.3, -0.25) is 0 Å². The zero-order valence-electron chi connectivity index (χ0n) is 13.3. The fraction of sp³-hybridized carbons (Fsp3) is 0.933. The summed E-state index contributed by atoms with van der Waals surface area (Å²) in [6.07, 6.45) is 3.15. The molecule has 1 aliphatic heterocycles. The quantitative estimate of drug-likeness (QED) is 0.856. The maximum Gasteiger partial charge on any atom is 0.410 e. The summed E-state index contributed by atoms with van der Waals surface area (Å²) in [6, 6.07) is 0.969. The number of carbonyl (C=O) groups excluding carboxylic acids is 1. The smallest absolute Gasteiger partial charge is 0.410 e. The lowest BCUT2D eigenvalue weighted by atomic mass is 9.96. The van der Waals surface area contributed by atoms with E-state index in [1.807, 2.05) is 25.7 Å². The highest BCUT2D eigenvalue weighted by Crippen LogP contribution is 2.22. The van der Waals surface area contributed by atoms with Gasteiger partial charge in [-0.05, 0) is 47.0 Å². The van der Waals surface area contributed by atoms with E-state index in [9.17, 15) is 4.79 Å². The molecule has 0 unspecified atom stereocenters. The number of likely N-dealkylation sites (tertiary alicyclic amines) is 1. The van der Waals surface area contributed by atoms with E-state index in [4.69, 9.17) is 4.74 Å². The number of piperidine rings is 1. The van der Waals surface area contributed by atoms with E-state index in [1.165, 1.54) is 6.42 Å². The minimum Gasteiger partial charge on any atom is -0.444 e. The van der Waals surface area contributed by atoms with Crippen LogP contribution in [0.3, 0.4) is 0 Å². The summed E-state index contributed by atoms with van der Waals surface area (Å²) >= 11 is 0. The number of rotatable bonds is 3. The van der Waals surface area contributed by atoms with Crippen LogP contribution in [0.15, 0.2) is 0 Å². The van der Waals surface area contributed by atoms with E-state index in [2.05, 4.69) is 26.1 Å². The molecule has 0 bridgehead atoms. The number of nitrogens with one attached hydrogen (secondary N) is 1. The molecule has 2 atom stereocenters. The van der Waals surface area contributed by atoms with Crippen LogP contribution in [0.1, 0.15) is 60.8 Å². The lowest BCUT2D eigenvalue weighted by Crippen LogP contribution is -2.55. The van der Waals surface area contributed by atoms with Gasteiger partial charge >= 0.3 is 6.09 Å². The molecule has 0 aromatic heterocycles. The normalized spacial score (nSPS) is 22.5. The molecule has 0 radical (unpaired) electrons. The van der Waals surface area contributed by atoms with E-state index in [-0.39, 0.29) is 12.1 Å². The van der Waals surface area contributed by atoms with Crippen LogP contribution < -0.4 is 5.32 Å². The van der Waals surface area contributed by atoms with Crippen LogP contribution in [0, 0.1) is 0 Å². The molecule has 0 aromatic rings. The highest BCUT2D eigenvalue weighted by molar-refractivity contribution is 5.68. The number of hydrogen-bond donors (Lipinski definition) is 1. The first-order valence-electron chi connectivity index (χ1n) is 7.46. The Morgan fingerprint density at radius 2 is 1.89 bits per heavy atom. The summed E-state index contributed by atoms with van der Waals surface area (Å²) in [5.41, 5.74) is -0.423. The van der Waals surface area contributed by atoms with Crippen molar-refractivity contribution in [2.24, 2.45) is 0 Å². The molecule has 1 heterocycles. The number of nitrogens with zero attached hydrogens (tertiary/aromatic N) is 1. The third kappa shape index (κ3) is 5.39. The van der Waals surface area contributed by atoms with Gasteiger partial charge in [-0.25, -0.2) is 4.79 Å². The molecule has 4 heteroatoms. The van der Waals surface area contributed by atoms with Crippen LogP contribution in [-0.4, -0.2) is 41.3 Å². The molecular formula is C15H30N2O2. The maximum absolute atomic E-state index is 12.3. The van der Waals surface area contributed by atoms with Crippen molar-refractivity contribution in [3.05, 3.63) is 0 Å². The Kier molecular flexibility index (Phi) is 5.65. The monoisotopic (exact) mass is 270 g/mol. The van der Waals surface area contributed by atoms with Crippen molar-refractivity contribution >= 4 is 6.09 Å². The lowest BCUT2D eigenvalue weighted by molar-refractivity contribution is 0.00521. The number of hydrogen-bond acceptors (Lipinski definition) is 3. The van der Waals surface area contributed by atoms with Crippen molar-refractivity contribution in [1.82, 2.24) is 10.2 Å². The minimum absolute atomic E-state index is 0.172. The zero-order valence-corrected chi connectivity index (χ0v) is 13.3. The first-order valence-corrected chi connectivity index (χ1v) is 7.46. The Labute approximate surface area is 117 Å². The van der Waals surface area contributed by atoms with Gasteiger partial charge in [-0.15, -0.1) is 0 Å². The summed E-state index contributed by atoms with van der Waals surface area (Å²) in [4.78, 5) is 14.2. The number of ether oxygens (including phenoxy) is 1. The van der Waals surface area contributed by atoms with Crippen molar-refractivity contribution in [3.63, 3.8) is 0 Å². The Morgan fingerprint density at radius 1 is 1.26 bits per heavy atom. The molecule has 0 aliphatic carbocycles. The van der Waals surface area contributed by atoms with Crippen molar-refractivity contribution in [2.75, 3.05) is 6.54 Å². The van der Waals surface area contributed by atoms with Gasteiger partial charge in [0.05, 0.1) is 6.04 Å². The number of amides is 1. The van der Waals surface area contributed by atoms with Crippen LogP contribution >= 0.6 is 0 Å². The Hall–Kier alpha value is -0.770. The van der Waals surface area contributed by atoms with Gasteiger partial charge in [-0.2, -0.15) is 0 Å². The molecule has 4 nitrogen and oxygen atoms in total. The van der Waals surface area contributed by atoms with Gasteiger partial charge < -0.3 is 15.0 Å². The van der Waals surface area contributed by atoms with Gasteiger partial charge in [0, 0.05) is 18.6 Å². The van der Waals surface area contributed by atoms with Crippen LogP contribution in [0.4, 0.5) is 4.79 Å². The van der Waals surface area contributed by atoms with Crippen LogP contribution in [0.2, 0.25) is 0 Å². The van der Waals surface area contributed by atoms with Gasteiger partial charge in [0.25, 0.3) is 0 Å². The van der Waals surface area contributed by atoms with Gasteiger partial charge in [0.2, 0.25) is 0 Å². The predicted molar refractivity (Wildman–Crippen MR) is 78.3 cm³/mol. The predicted octanol–water partition coefficient (Wildman–Crippen LogP) is 3.16. The average molecular weight is 270 g/mol. The topological polar surface area (TPSA) is 41.6 Å². The van der Waals surface area contributed by atoms with Crippen molar-refractivity contribution in [2.45, 2.75) is 84.5 Å². The molecule has 0 spiro atoms. The second-order valence-electron chi connectivity index (χ2n) is 6.85. The molecule has 1 amide bonds. The molecule has 1 fully saturated rings. The van der Waals surface area contributed by atoms with Crippen LogP contribution in [-0.2, 0) is 4.74 Å². The summed E-state index contributed by atoms with van der Waals surface area (Å²) < 4.78 is 5.52. The van der Waals surface area contributed by atoms with E-state index in [0.29, 0.717) is 12.1 Å². The number of carbonyl (C=O) groups is 1. The molecule has 1 N–H and O–H groups in total. The fourth-order valence-electron chi connectivity index (χ4n) is 2.66. The largest absolute Gasteiger partial charge is 0.444 e. The molecule has 112 valence electrons. The van der Waals surface area contributed by atoms with Crippen molar-refractivity contribution < 1.29 is 9.53 Å². The molecule has 0 saturated carbocycles. The van der Waals surface area contributed by atoms with Crippen LogP contribution in [0.5, 0.6) is 0 Å². The highest BCUT2D eigenvalue weighted by atomic mass is 16.6. The first kappa shape index (κ1) is 16.3. The molecule has 1 rings (SSSR count). The van der Waals surface area contributed by atoms with E-state index >= 15 is 0 Å². The average Bonchev–Trinajstić information content (AvgIpc) is 2.25. The van der Waals surface area contributed by atoms with E-state index in [0.717, 1.165) is 19.4 Å². The fourth-order valence-corrected chi connectivity index (χ4v) is 2.66. The second kappa shape index (κ2) is 6.60. The van der Waals surface area contributed by atoms with Crippen LogP contribution in [0.25, 0.3) is 0 Å². The Morgan fingerprint density at radius 3 is 2.42 bits per heavy atom. The first-order chi connectivity index (χ1) is 8.70. The summed E-state index contributed by atoms with van der Waals surface area (Å²) in [6.45, 7) is 13.0. The molecule has 1 aliphatic rings. The molecule has 1 saturated heterocycles. The third-order valence-corrected chi connectivity index (χ3v) is 3.35. The van der Waals surface area contributed by atoms with Gasteiger partial charge in [0.15, 0.2) is 0 Å². The van der Waals surface area contributed by atoms with Crippen molar-refractivity contribution in [3.8, 4) is 0 Å². The lowest BCUT2D eigenvalue weighted by Gasteiger charge is -2.40. The maximum atomic E-state index is 12.3. The van der Waals surface area contributed by atoms with Crippen molar-refractivity contribution in [1.29, 1.82) is 0 Å². The highest BCUT2D eigenvalue weighted by Gasteiger charge is 2.33. The third-order valence-electron chi connectivity index (χ3n) is 3.35. The van der Waals surface area contributed by atoms with Gasteiger partial charge in [0.1, 0.15) is 5.60 Å². The second-order valence-corrected chi connectivity index (χ2v) is 6.85. The van der Waals surface area contributed by atoms with E-state index < -0.39 is 5.60 Å². The molecule has 0 aromatic carbocycles. The molecule has 19 heavy (non-hydrogen) atoms. The minimum atomic E-state index is -0.423.